The predicted octanol–water partition coefficient (Wildman–Crippen LogP) is 4.98. The van der Waals surface area contributed by atoms with E-state index < -0.39 is 0 Å². The van der Waals surface area contributed by atoms with Crippen molar-refractivity contribution in [1.82, 2.24) is 20.4 Å². The molecule has 2 saturated carbocycles. The molecule has 3 aliphatic carbocycles. The van der Waals surface area contributed by atoms with Crippen molar-refractivity contribution in [2.24, 2.45) is 17.8 Å². The van der Waals surface area contributed by atoms with E-state index in [4.69, 9.17) is 0 Å². The van der Waals surface area contributed by atoms with Gasteiger partial charge in [-0.05, 0) is 88.5 Å². The van der Waals surface area contributed by atoms with Gasteiger partial charge in [-0.3, -0.25) is 19.3 Å². The van der Waals surface area contributed by atoms with Gasteiger partial charge in [-0.15, -0.1) is 0 Å². The molecule has 1 aromatic carbocycles. The summed E-state index contributed by atoms with van der Waals surface area (Å²) in [5, 5.41) is 6.12. The molecule has 0 aromatic heterocycles. The van der Waals surface area contributed by atoms with E-state index in [0.29, 0.717) is 19.6 Å². The summed E-state index contributed by atoms with van der Waals surface area (Å²) in [5.74, 6) is -0.147. The summed E-state index contributed by atoms with van der Waals surface area (Å²) >= 11 is 0. The third-order valence-corrected chi connectivity index (χ3v) is 9.87. The lowest BCUT2D eigenvalue weighted by molar-refractivity contribution is -0.143. The van der Waals surface area contributed by atoms with Crippen molar-refractivity contribution in [1.29, 1.82) is 0 Å². The average molecular weight is 577 g/mol. The van der Waals surface area contributed by atoms with Gasteiger partial charge in [0.2, 0.25) is 17.7 Å². The molecule has 2 N–H and O–H groups in total. The zero-order valence-corrected chi connectivity index (χ0v) is 25.0. The number of amides is 5. The number of hydrogen-bond donors (Lipinski definition) is 2. The number of rotatable bonds is 11. The van der Waals surface area contributed by atoms with Crippen LogP contribution >= 0.6 is 0 Å². The van der Waals surface area contributed by atoms with Gasteiger partial charge in [-0.2, -0.15) is 0 Å². The van der Waals surface area contributed by atoms with Crippen molar-refractivity contribution in [3.05, 3.63) is 47.5 Å². The van der Waals surface area contributed by atoms with Gasteiger partial charge in [0, 0.05) is 31.6 Å². The lowest BCUT2D eigenvalue weighted by Crippen LogP contribution is -2.64. The molecule has 8 nitrogen and oxygen atoms in total. The number of fused-ring (bicyclic) bond motifs is 1. The Morgan fingerprint density at radius 2 is 1.60 bits per heavy atom. The van der Waals surface area contributed by atoms with Gasteiger partial charge in [0.25, 0.3) is 0 Å². The quantitative estimate of drug-likeness (QED) is 0.363. The van der Waals surface area contributed by atoms with Crippen LogP contribution in [0, 0.1) is 17.8 Å². The van der Waals surface area contributed by atoms with Crippen molar-refractivity contribution < 1.29 is 19.2 Å². The highest BCUT2D eigenvalue weighted by Crippen LogP contribution is 2.36. The van der Waals surface area contributed by atoms with Crippen molar-refractivity contribution in [3.8, 4) is 0 Å². The highest BCUT2D eigenvalue weighted by molar-refractivity contribution is 6.00. The van der Waals surface area contributed by atoms with Crippen LogP contribution in [0.4, 0.5) is 4.79 Å². The second-order valence-electron chi connectivity index (χ2n) is 12.8. The number of carbonyl (C=O) groups is 4. The second kappa shape index (κ2) is 14.8. The maximum Gasteiger partial charge on any atom is 0.327 e. The van der Waals surface area contributed by atoms with Crippen LogP contribution in [0.25, 0.3) is 0 Å². The highest BCUT2D eigenvalue weighted by Gasteiger charge is 2.48. The molecule has 2 unspecified atom stereocenters. The van der Waals surface area contributed by atoms with E-state index in [-0.39, 0.29) is 54.1 Å². The second-order valence-corrected chi connectivity index (χ2v) is 12.8. The van der Waals surface area contributed by atoms with Crippen LogP contribution in [-0.2, 0) is 20.8 Å². The standard InChI is InChI=1S/C34H48N4O4/c39-31(35-21-19-25-9-3-1-4-10-25)24-37-30-14-8-7-13-29(30)33(41)38(34(37)42)23-27-15-17-28(18-16-27)32(40)36-22-20-26-11-5-2-6-12-26/h2,5-6,9,11-12,27-30H,1,3-4,7-8,10,13-24H2,(H,35,39)(H,36,40). The summed E-state index contributed by atoms with van der Waals surface area (Å²) in [4.78, 5) is 56.1. The molecule has 228 valence electrons. The molecule has 1 aromatic rings. The largest absolute Gasteiger partial charge is 0.356 e. The van der Waals surface area contributed by atoms with Crippen LogP contribution in [0.3, 0.4) is 0 Å². The molecule has 8 heteroatoms. The van der Waals surface area contributed by atoms with Gasteiger partial charge in [0.05, 0.1) is 5.92 Å². The van der Waals surface area contributed by atoms with Crippen LogP contribution in [-0.4, -0.2) is 65.8 Å². The van der Waals surface area contributed by atoms with Crippen LogP contribution in [0.15, 0.2) is 42.0 Å². The molecule has 1 heterocycles. The van der Waals surface area contributed by atoms with Gasteiger partial charge in [-0.1, -0.05) is 54.8 Å². The minimum atomic E-state index is -0.311. The van der Waals surface area contributed by atoms with E-state index in [9.17, 15) is 19.2 Å². The minimum absolute atomic E-state index is 0.0126. The summed E-state index contributed by atoms with van der Waals surface area (Å²) in [5.41, 5.74) is 2.63. The first-order valence-corrected chi connectivity index (χ1v) is 16.4. The Labute approximate surface area is 250 Å². The maximum absolute atomic E-state index is 13.7. The van der Waals surface area contributed by atoms with E-state index >= 15 is 0 Å². The molecule has 5 rings (SSSR count). The average Bonchev–Trinajstić information content (AvgIpc) is 3.02. The van der Waals surface area contributed by atoms with E-state index in [1.54, 1.807) is 4.90 Å². The fraction of sp³-hybridized carbons (Fsp3) is 0.647. The summed E-state index contributed by atoms with van der Waals surface area (Å²) < 4.78 is 0. The molecule has 0 bridgehead atoms. The van der Waals surface area contributed by atoms with Crippen molar-refractivity contribution in [2.45, 2.75) is 95.9 Å². The van der Waals surface area contributed by atoms with Crippen molar-refractivity contribution in [2.75, 3.05) is 26.2 Å². The van der Waals surface area contributed by atoms with E-state index in [2.05, 4.69) is 28.8 Å². The number of allylic oxidation sites excluding steroid dienone is 1. The Bertz CT molecular complexity index is 1130. The zero-order valence-electron chi connectivity index (χ0n) is 25.0. The molecule has 3 fully saturated rings. The number of imide groups is 1. The van der Waals surface area contributed by atoms with Gasteiger partial charge in [-0.25, -0.2) is 4.79 Å². The number of hydrogen-bond acceptors (Lipinski definition) is 4. The Kier molecular flexibility index (Phi) is 10.7. The molecular weight excluding hydrogens is 528 g/mol. The Morgan fingerprint density at radius 3 is 2.36 bits per heavy atom. The van der Waals surface area contributed by atoms with Crippen LogP contribution in [0.2, 0.25) is 0 Å². The van der Waals surface area contributed by atoms with Gasteiger partial charge in [0.1, 0.15) is 6.54 Å². The Morgan fingerprint density at radius 1 is 0.833 bits per heavy atom. The third-order valence-electron chi connectivity index (χ3n) is 9.87. The zero-order chi connectivity index (χ0) is 29.3. The fourth-order valence-electron chi connectivity index (χ4n) is 7.41. The molecule has 0 radical (unpaired) electrons. The normalized spacial score (nSPS) is 26.3. The summed E-state index contributed by atoms with van der Waals surface area (Å²) in [7, 11) is 0. The Balaban J connectivity index is 1.11. The third kappa shape index (κ3) is 7.81. The van der Waals surface area contributed by atoms with Crippen molar-refractivity contribution >= 4 is 23.8 Å². The summed E-state index contributed by atoms with van der Waals surface area (Å²) in [6.07, 6.45) is 15.4. The smallest absolute Gasteiger partial charge is 0.327 e. The minimum Gasteiger partial charge on any atom is -0.356 e. The van der Waals surface area contributed by atoms with Gasteiger partial charge >= 0.3 is 6.03 Å². The number of benzene rings is 1. The maximum atomic E-state index is 13.7. The number of nitrogens with zero attached hydrogens (tertiary/aromatic N) is 2. The number of nitrogens with one attached hydrogen (secondary N) is 2. The fourth-order valence-corrected chi connectivity index (χ4v) is 7.41. The first-order valence-electron chi connectivity index (χ1n) is 16.4. The highest BCUT2D eigenvalue weighted by atomic mass is 16.2. The van der Waals surface area contributed by atoms with E-state index in [1.807, 2.05) is 18.2 Å². The molecule has 5 amide bonds. The predicted molar refractivity (Wildman–Crippen MR) is 162 cm³/mol. The number of carbonyl (C=O) groups excluding carboxylic acids is 4. The van der Waals surface area contributed by atoms with E-state index in [1.165, 1.54) is 28.9 Å². The molecule has 4 aliphatic rings. The molecule has 0 spiro atoms. The Hall–Kier alpha value is -3.16. The topological polar surface area (TPSA) is 98.8 Å². The summed E-state index contributed by atoms with van der Waals surface area (Å²) in [6, 6.07) is 9.65. The number of urea groups is 1. The van der Waals surface area contributed by atoms with E-state index in [0.717, 1.165) is 77.0 Å². The van der Waals surface area contributed by atoms with Crippen LogP contribution in [0.5, 0.6) is 0 Å². The lowest BCUT2D eigenvalue weighted by Gasteiger charge is -2.47. The molecular formula is C34H48N4O4. The van der Waals surface area contributed by atoms with Crippen molar-refractivity contribution in [3.63, 3.8) is 0 Å². The SMILES string of the molecule is O=C(CN1C(=O)N(CC2CCC(C(=O)NCCc3ccccc3)CC2)C(=O)C2CCCCC21)NCCC1=CCCCC1. The molecule has 2 atom stereocenters. The molecule has 1 aliphatic heterocycles. The van der Waals surface area contributed by atoms with Gasteiger partial charge in [0.15, 0.2) is 0 Å². The first-order chi connectivity index (χ1) is 20.5. The first kappa shape index (κ1) is 30.3. The van der Waals surface area contributed by atoms with Crippen LogP contribution in [0.1, 0.15) is 89.0 Å². The molecule has 42 heavy (non-hydrogen) atoms. The molecule has 1 saturated heterocycles. The lowest BCUT2D eigenvalue weighted by atomic mass is 9.79. The summed E-state index contributed by atoms with van der Waals surface area (Å²) in [6.45, 7) is 1.62. The van der Waals surface area contributed by atoms with Gasteiger partial charge < -0.3 is 15.5 Å². The van der Waals surface area contributed by atoms with Crippen LogP contribution < -0.4 is 10.6 Å². The monoisotopic (exact) mass is 576 g/mol.